The molecule has 0 spiro atoms. The standard InChI is InChI=1S/C11H13N3O2S4/c1-7(11-13-4-5-18-11)6-14-20(15,16)9-3-2-8(19-9)10(12)17/h2-5,7,14H,6H2,1H3,(H2,12,17). The first kappa shape index (κ1) is 15.5. The van der Waals surface area contributed by atoms with Gasteiger partial charge in [-0.2, -0.15) is 0 Å². The summed E-state index contributed by atoms with van der Waals surface area (Å²) in [6.07, 6.45) is 1.71. The van der Waals surface area contributed by atoms with E-state index in [0.29, 0.717) is 11.4 Å². The highest BCUT2D eigenvalue weighted by molar-refractivity contribution is 7.91. The number of hydrogen-bond acceptors (Lipinski definition) is 6. The molecule has 0 saturated heterocycles. The third kappa shape index (κ3) is 3.61. The number of thiazole rings is 1. The number of aromatic nitrogens is 1. The van der Waals surface area contributed by atoms with Gasteiger partial charge in [0.1, 0.15) is 9.20 Å². The molecule has 5 nitrogen and oxygen atoms in total. The minimum Gasteiger partial charge on any atom is -0.389 e. The molecule has 0 fully saturated rings. The maximum absolute atomic E-state index is 12.1. The second-order valence-electron chi connectivity index (χ2n) is 4.11. The van der Waals surface area contributed by atoms with Gasteiger partial charge in [0.05, 0.1) is 9.88 Å². The Labute approximate surface area is 130 Å². The third-order valence-electron chi connectivity index (χ3n) is 2.54. The molecule has 0 aliphatic carbocycles. The Morgan fingerprint density at radius 1 is 1.55 bits per heavy atom. The molecule has 0 saturated carbocycles. The van der Waals surface area contributed by atoms with Gasteiger partial charge in [0, 0.05) is 24.0 Å². The van der Waals surface area contributed by atoms with E-state index in [4.69, 9.17) is 18.0 Å². The van der Waals surface area contributed by atoms with E-state index in [9.17, 15) is 8.42 Å². The summed E-state index contributed by atoms with van der Waals surface area (Å²) in [7, 11) is -3.53. The zero-order valence-corrected chi connectivity index (χ0v) is 13.8. The van der Waals surface area contributed by atoms with E-state index in [1.807, 2.05) is 12.3 Å². The van der Waals surface area contributed by atoms with E-state index >= 15 is 0 Å². The van der Waals surface area contributed by atoms with Gasteiger partial charge in [0.2, 0.25) is 10.0 Å². The van der Waals surface area contributed by atoms with Crippen LogP contribution < -0.4 is 10.5 Å². The fourth-order valence-electron chi connectivity index (χ4n) is 1.47. The Morgan fingerprint density at radius 3 is 2.85 bits per heavy atom. The Morgan fingerprint density at radius 2 is 2.30 bits per heavy atom. The van der Waals surface area contributed by atoms with Gasteiger partial charge < -0.3 is 5.73 Å². The van der Waals surface area contributed by atoms with Crippen molar-refractivity contribution in [3.8, 4) is 0 Å². The van der Waals surface area contributed by atoms with Crippen LogP contribution in [0.25, 0.3) is 0 Å². The average molecular weight is 348 g/mol. The molecule has 0 amide bonds. The molecule has 0 bridgehead atoms. The second kappa shape index (κ2) is 6.27. The summed E-state index contributed by atoms with van der Waals surface area (Å²) in [6.45, 7) is 2.23. The summed E-state index contributed by atoms with van der Waals surface area (Å²) >= 11 is 7.40. The molecule has 0 radical (unpaired) electrons. The van der Waals surface area contributed by atoms with Gasteiger partial charge in [-0.1, -0.05) is 19.1 Å². The predicted octanol–water partition coefficient (Wildman–Crippen LogP) is 1.92. The fraction of sp³-hybridized carbons (Fsp3) is 0.273. The van der Waals surface area contributed by atoms with E-state index in [1.165, 1.54) is 17.4 Å². The molecule has 108 valence electrons. The van der Waals surface area contributed by atoms with Crippen molar-refractivity contribution in [1.82, 2.24) is 9.71 Å². The number of sulfonamides is 1. The van der Waals surface area contributed by atoms with Crippen LogP contribution in [0.1, 0.15) is 22.7 Å². The molecule has 1 unspecified atom stereocenters. The average Bonchev–Trinajstić information content (AvgIpc) is 3.06. The smallest absolute Gasteiger partial charge is 0.250 e. The van der Waals surface area contributed by atoms with Crippen LogP contribution in [-0.4, -0.2) is 24.9 Å². The second-order valence-corrected chi connectivity index (χ2v) is 8.55. The van der Waals surface area contributed by atoms with E-state index in [1.54, 1.807) is 12.3 Å². The SMILES string of the molecule is CC(CNS(=O)(=O)c1ccc(C(N)=S)s1)c1nccs1. The molecular weight excluding hydrogens is 334 g/mol. The normalized spacial score (nSPS) is 13.2. The molecule has 9 heteroatoms. The van der Waals surface area contributed by atoms with Crippen LogP contribution in [0.5, 0.6) is 0 Å². The first-order valence-electron chi connectivity index (χ1n) is 5.69. The largest absolute Gasteiger partial charge is 0.389 e. The number of nitrogens with two attached hydrogens (primary N) is 1. The van der Waals surface area contributed by atoms with Gasteiger partial charge >= 0.3 is 0 Å². The van der Waals surface area contributed by atoms with Crippen LogP contribution in [0.4, 0.5) is 0 Å². The van der Waals surface area contributed by atoms with Crippen LogP contribution in [0.15, 0.2) is 27.9 Å². The lowest BCUT2D eigenvalue weighted by Gasteiger charge is -2.09. The molecule has 20 heavy (non-hydrogen) atoms. The maximum Gasteiger partial charge on any atom is 0.250 e. The number of thiophene rings is 1. The number of rotatable bonds is 6. The lowest BCUT2D eigenvalue weighted by atomic mass is 10.2. The van der Waals surface area contributed by atoms with Gasteiger partial charge in [-0.3, -0.25) is 0 Å². The monoisotopic (exact) mass is 347 g/mol. The summed E-state index contributed by atoms with van der Waals surface area (Å²) in [4.78, 5) is 4.96. The van der Waals surface area contributed by atoms with Gasteiger partial charge in [-0.05, 0) is 12.1 Å². The Bertz CT molecular complexity index is 691. The maximum atomic E-state index is 12.1. The highest BCUT2D eigenvalue weighted by atomic mass is 32.2. The van der Waals surface area contributed by atoms with Crippen LogP contribution in [-0.2, 0) is 10.0 Å². The van der Waals surface area contributed by atoms with Crippen molar-refractivity contribution in [2.24, 2.45) is 5.73 Å². The van der Waals surface area contributed by atoms with Gasteiger partial charge in [0.15, 0.2) is 0 Å². The molecule has 1 atom stereocenters. The number of thiocarbonyl (C=S) groups is 1. The first-order valence-corrected chi connectivity index (χ1v) is 9.27. The lowest BCUT2D eigenvalue weighted by Crippen LogP contribution is -2.27. The van der Waals surface area contributed by atoms with Crippen molar-refractivity contribution in [2.45, 2.75) is 17.1 Å². The lowest BCUT2D eigenvalue weighted by molar-refractivity contribution is 0.576. The Kier molecular flexibility index (Phi) is 4.86. The van der Waals surface area contributed by atoms with Crippen molar-refractivity contribution in [3.05, 3.63) is 33.6 Å². The highest BCUT2D eigenvalue weighted by Crippen LogP contribution is 2.22. The highest BCUT2D eigenvalue weighted by Gasteiger charge is 2.19. The topological polar surface area (TPSA) is 85.1 Å². The van der Waals surface area contributed by atoms with Crippen molar-refractivity contribution in [2.75, 3.05) is 6.54 Å². The Balaban J connectivity index is 2.05. The van der Waals surface area contributed by atoms with Crippen LogP contribution in [0, 0.1) is 0 Å². The van der Waals surface area contributed by atoms with E-state index in [-0.39, 0.29) is 15.1 Å². The summed E-state index contributed by atoms with van der Waals surface area (Å²) in [5.41, 5.74) is 5.48. The molecule has 2 aromatic rings. The minimum atomic E-state index is -3.53. The van der Waals surface area contributed by atoms with E-state index in [0.717, 1.165) is 16.3 Å². The van der Waals surface area contributed by atoms with Crippen LogP contribution >= 0.6 is 34.9 Å². The van der Waals surface area contributed by atoms with E-state index in [2.05, 4.69) is 9.71 Å². The molecular formula is C11H13N3O2S4. The number of hydrogen-bond donors (Lipinski definition) is 2. The number of nitrogens with one attached hydrogen (secondary N) is 1. The van der Waals surface area contributed by atoms with Crippen LogP contribution in [0.2, 0.25) is 0 Å². The van der Waals surface area contributed by atoms with Gasteiger partial charge in [0.25, 0.3) is 0 Å². The van der Waals surface area contributed by atoms with Crippen molar-refractivity contribution < 1.29 is 8.42 Å². The van der Waals surface area contributed by atoms with Crippen molar-refractivity contribution >= 4 is 49.9 Å². The van der Waals surface area contributed by atoms with Crippen molar-refractivity contribution in [3.63, 3.8) is 0 Å². The van der Waals surface area contributed by atoms with Crippen molar-refractivity contribution in [1.29, 1.82) is 0 Å². The quantitative estimate of drug-likeness (QED) is 0.780. The molecule has 2 heterocycles. The molecule has 0 aliphatic rings. The molecule has 0 aliphatic heterocycles. The molecule has 2 rings (SSSR count). The molecule has 0 aromatic carbocycles. The fourth-order valence-corrected chi connectivity index (χ4v) is 4.69. The predicted molar refractivity (Wildman–Crippen MR) is 85.9 cm³/mol. The summed E-state index contributed by atoms with van der Waals surface area (Å²) in [5.74, 6) is 0.0276. The first-order chi connectivity index (χ1) is 9.40. The van der Waals surface area contributed by atoms with Gasteiger partial charge in [-0.25, -0.2) is 18.1 Å². The van der Waals surface area contributed by atoms with E-state index < -0.39 is 10.0 Å². The van der Waals surface area contributed by atoms with Crippen LogP contribution in [0.3, 0.4) is 0 Å². The molecule has 3 N–H and O–H groups in total. The van der Waals surface area contributed by atoms with Gasteiger partial charge in [-0.15, -0.1) is 22.7 Å². The third-order valence-corrected chi connectivity index (χ3v) is 6.93. The summed E-state index contributed by atoms with van der Waals surface area (Å²) in [5, 5.41) is 2.77. The summed E-state index contributed by atoms with van der Waals surface area (Å²) < 4.78 is 27.1. The minimum absolute atomic E-state index is 0.0276. The molecule has 2 aromatic heterocycles. The zero-order valence-electron chi connectivity index (χ0n) is 10.6. The summed E-state index contributed by atoms with van der Waals surface area (Å²) in [6, 6.07) is 3.13. The zero-order chi connectivity index (χ0) is 14.8. The number of nitrogens with zero attached hydrogens (tertiary/aromatic N) is 1. The Hall–Kier alpha value is -0.870.